The van der Waals surface area contributed by atoms with Crippen molar-refractivity contribution < 1.29 is 4.79 Å². The van der Waals surface area contributed by atoms with Crippen molar-refractivity contribution in [2.75, 3.05) is 31.5 Å². The van der Waals surface area contributed by atoms with Crippen LogP contribution in [0.2, 0.25) is 0 Å². The monoisotopic (exact) mass is 436 g/mol. The number of hydrogen-bond donors (Lipinski definition) is 3. The van der Waals surface area contributed by atoms with Gasteiger partial charge in [-0.2, -0.15) is 0 Å². The third-order valence-corrected chi connectivity index (χ3v) is 6.84. The summed E-state index contributed by atoms with van der Waals surface area (Å²) >= 11 is 1.75. The van der Waals surface area contributed by atoms with Gasteiger partial charge in [-0.1, -0.05) is 12.1 Å². The first-order chi connectivity index (χ1) is 15.0. The number of piperazine rings is 1. The lowest BCUT2D eigenvalue weighted by Gasteiger charge is -2.37. The first-order valence-corrected chi connectivity index (χ1v) is 11.2. The highest BCUT2D eigenvalue weighted by Crippen LogP contribution is 2.23. The quantitative estimate of drug-likeness (QED) is 0.447. The van der Waals surface area contributed by atoms with E-state index in [4.69, 9.17) is 4.98 Å². The Morgan fingerprint density at radius 3 is 2.71 bits per heavy atom. The maximum atomic E-state index is 12.8. The van der Waals surface area contributed by atoms with E-state index in [2.05, 4.69) is 37.2 Å². The molecule has 0 spiro atoms. The number of aromatic amines is 2. The highest BCUT2D eigenvalue weighted by molar-refractivity contribution is 7.18. The number of fused-ring (bicyclic) bond motifs is 2. The van der Waals surface area contributed by atoms with Crippen LogP contribution in [0.15, 0.2) is 47.3 Å². The van der Waals surface area contributed by atoms with E-state index in [9.17, 15) is 9.59 Å². The Hall–Kier alpha value is -3.01. The lowest BCUT2D eigenvalue weighted by atomic mass is 10.2. The minimum Gasteiger partial charge on any atom is -0.325 e. The number of benzene rings is 2. The number of carbonyl (C=O) groups excluding carboxylic acids is 1. The van der Waals surface area contributed by atoms with Crippen LogP contribution in [0.3, 0.4) is 0 Å². The van der Waals surface area contributed by atoms with E-state index in [0.717, 1.165) is 48.8 Å². The van der Waals surface area contributed by atoms with Crippen molar-refractivity contribution in [1.29, 1.82) is 0 Å². The average molecular weight is 437 g/mol. The fourth-order valence-electron chi connectivity index (χ4n) is 4.01. The van der Waals surface area contributed by atoms with E-state index < -0.39 is 0 Å². The molecule has 8 nitrogen and oxygen atoms in total. The van der Waals surface area contributed by atoms with E-state index >= 15 is 0 Å². The molecule has 9 heteroatoms. The van der Waals surface area contributed by atoms with Crippen LogP contribution in [-0.4, -0.2) is 62.9 Å². The molecule has 1 atom stereocenters. The van der Waals surface area contributed by atoms with Gasteiger partial charge in [-0.15, -0.1) is 11.3 Å². The standard InChI is InChI=1S/C22H24N6O2S/c1-14(21(29)23-15-6-7-16-18(12-15)26-22(30)25-16)28-10-8-27(9-11-28)13-20-24-17-4-2-3-5-19(17)31-20/h2-7,12,14H,8-11,13H2,1H3,(H,23,29)(H2,25,26,30)/t14-/m0/s1. The minimum absolute atomic E-state index is 0.0446. The van der Waals surface area contributed by atoms with E-state index in [1.54, 1.807) is 29.5 Å². The summed E-state index contributed by atoms with van der Waals surface area (Å²) < 4.78 is 1.23. The van der Waals surface area contributed by atoms with Crippen molar-refractivity contribution >= 4 is 44.2 Å². The Balaban J connectivity index is 1.16. The van der Waals surface area contributed by atoms with Crippen LogP contribution < -0.4 is 11.0 Å². The Bertz CT molecular complexity index is 1250. The van der Waals surface area contributed by atoms with Crippen molar-refractivity contribution in [2.24, 2.45) is 0 Å². The Morgan fingerprint density at radius 2 is 1.90 bits per heavy atom. The number of H-pyrrole nitrogens is 2. The summed E-state index contributed by atoms with van der Waals surface area (Å²) in [5.41, 5.74) is 2.89. The molecule has 1 aliphatic rings. The molecule has 4 aromatic rings. The van der Waals surface area contributed by atoms with Crippen LogP contribution in [0.4, 0.5) is 5.69 Å². The SMILES string of the molecule is C[C@@H](C(=O)Nc1ccc2[nH]c(=O)[nH]c2c1)N1CCN(Cc2nc3ccccc3s2)CC1. The third-order valence-electron chi connectivity index (χ3n) is 5.81. The van der Waals surface area contributed by atoms with Gasteiger partial charge >= 0.3 is 5.69 Å². The zero-order valence-electron chi connectivity index (χ0n) is 17.2. The predicted molar refractivity (Wildman–Crippen MR) is 123 cm³/mol. The summed E-state index contributed by atoms with van der Waals surface area (Å²) in [6.45, 7) is 6.28. The summed E-state index contributed by atoms with van der Waals surface area (Å²) in [6.07, 6.45) is 0. The molecule has 1 saturated heterocycles. The third kappa shape index (κ3) is 4.25. The van der Waals surface area contributed by atoms with Crippen molar-refractivity contribution in [3.63, 3.8) is 0 Å². The number of para-hydroxylation sites is 1. The number of thiazole rings is 1. The van der Waals surface area contributed by atoms with Gasteiger partial charge in [0.25, 0.3) is 0 Å². The highest BCUT2D eigenvalue weighted by atomic mass is 32.1. The maximum absolute atomic E-state index is 12.8. The Kier molecular flexibility index (Phi) is 5.31. The predicted octanol–water partition coefficient (Wildman–Crippen LogP) is 2.61. The van der Waals surface area contributed by atoms with Gasteiger partial charge in [0.15, 0.2) is 0 Å². The van der Waals surface area contributed by atoms with Crippen molar-refractivity contribution in [3.05, 3.63) is 58.0 Å². The van der Waals surface area contributed by atoms with Gasteiger partial charge < -0.3 is 15.3 Å². The number of anilines is 1. The van der Waals surface area contributed by atoms with Gasteiger partial charge in [-0.05, 0) is 37.3 Å². The van der Waals surface area contributed by atoms with Crippen LogP contribution in [0.25, 0.3) is 21.3 Å². The fourth-order valence-corrected chi connectivity index (χ4v) is 5.02. The molecule has 2 aromatic carbocycles. The molecule has 0 unspecified atom stereocenters. The second kappa shape index (κ2) is 8.26. The normalized spacial score (nSPS) is 16.7. The number of nitrogens with zero attached hydrogens (tertiary/aromatic N) is 3. The van der Waals surface area contributed by atoms with Crippen LogP contribution >= 0.6 is 11.3 Å². The first-order valence-electron chi connectivity index (χ1n) is 10.4. The van der Waals surface area contributed by atoms with Crippen LogP contribution in [0.1, 0.15) is 11.9 Å². The molecule has 0 bridgehead atoms. The van der Waals surface area contributed by atoms with E-state index in [-0.39, 0.29) is 17.6 Å². The van der Waals surface area contributed by atoms with Crippen molar-refractivity contribution in [1.82, 2.24) is 24.8 Å². The molecule has 0 aliphatic carbocycles. The maximum Gasteiger partial charge on any atom is 0.323 e. The number of hydrogen-bond acceptors (Lipinski definition) is 6. The van der Waals surface area contributed by atoms with E-state index in [1.165, 1.54) is 4.70 Å². The van der Waals surface area contributed by atoms with Gasteiger partial charge in [0.1, 0.15) is 5.01 Å². The molecule has 3 heterocycles. The number of rotatable bonds is 5. The van der Waals surface area contributed by atoms with Crippen molar-refractivity contribution in [2.45, 2.75) is 19.5 Å². The Labute approximate surface area is 182 Å². The molecular formula is C22H24N6O2S. The molecule has 1 amide bonds. The second-order valence-corrected chi connectivity index (χ2v) is 9.01. The fraction of sp³-hybridized carbons (Fsp3) is 0.318. The Morgan fingerprint density at radius 1 is 1.13 bits per heavy atom. The van der Waals surface area contributed by atoms with E-state index in [1.807, 2.05) is 19.1 Å². The summed E-state index contributed by atoms with van der Waals surface area (Å²) in [7, 11) is 0. The zero-order valence-corrected chi connectivity index (χ0v) is 18.0. The van der Waals surface area contributed by atoms with E-state index in [0.29, 0.717) is 11.2 Å². The largest absolute Gasteiger partial charge is 0.325 e. The molecule has 3 N–H and O–H groups in total. The molecule has 0 radical (unpaired) electrons. The molecule has 1 fully saturated rings. The van der Waals surface area contributed by atoms with Gasteiger partial charge in [-0.3, -0.25) is 14.6 Å². The smallest absolute Gasteiger partial charge is 0.323 e. The summed E-state index contributed by atoms with van der Waals surface area (Å²) in [6, 6.07) is 13.4. The molecular weight excluding hydrogens is 412 g/mol. The summed E-state index contributed by atoms with van der Waals surface area (Å²) in [5.74, 6) is -0.0446. The lowest BCUT2D eigenvalue weighted by molar-refractivity contribution is -0.121. The number of nitrogens with one attached hydrogen (secondary N) is 3. The number of carbonyl (C=O) groups is 1. The molecule has 0 saturated carbocycles. The second-order valence-electron chi connectivity index (χ2n) is 7.89. The van der Waals surface area contributed by atoms with Gasteiger partial charge in [0.05, 0.1) is 33.8 Å². The van der Waals surface area contributed by atoms with Gasteiger partial charge in [0.2, 0.25) is 5.91 Å². The number of aromatic nitrogens is 3. The topological polar surface area (TPSA) is 97.1 Å². The van der Waals surface area contributed by atoms with Crippen molar-refractivity contribution in [3.8, 4) is 0 Å². The molecule has 2 aromatic heterocycles. The average Bonchev–Trinajstić information content (AvgIpc) is 3.35. The molecule has 160 valence electrons. The first kappa shape index (κ1) is 19.9. The summed E-state index contributed by atoms with van der Waals surface area (Å²) in [5, 5.41) is 4.11. The molecule has 1 aliphatic heterocycles. The van der Waals surface area contributed by atoms with Crippen LogP contribution in [0.5, 0.6) is 0 Å². The van der Waals surface area contributed by atoms with Crippen LogP contribution in [0, 0.1) is 0 Å². The minimum atomic E-state index is -0.254. The zero-order chi connectivity index (χ0) is 21.4. The van der Waals surface area contributed by atoms with Gasteiger partial charge in [0, 0.05) is 31.9 Å². The van der Waals surface area contributed by atoms with Crippen LogP contribution in [-0.2, 0) is 11.3 Å². The van der Waals surface area contributed by atoms with Gasteiger partial charge in [-0.25, -0.2) is 9.78 Å². The molecule has 31 heavy (non-hydrogen) atoms. The molecule has 5 rings (SSSR count). The highest BCUT2D eigenvalue weighted by Gasteiger charge is 2.26. The summed E-state index contributed by atoms with van der Waals surface area (Å²) in [4.78, 5) is 38.9. The number of amides is 1. The number of imidazole rings is 1. The lowest BCUT2D eigenvalue weighted by Crippen LogP contribution is -2.52.